The molecule has 4 rings (SSSR count). The fourth-order valence-electron chi connectivity index (χ4n) is 5.52. The van der Waals surface area contributed by atoms with Crippen molar-refractivity contribution in [3.8, 4) is 12.3 Å². The zero-order valence-electron chi connectivity index (χ0n) is 16.7. The van der Waals surface area contributed by atoms with Gasteiger partial charge in [0.25, 0.3) is 0 Å². The predicted molar refractivity (Wildman–Crippen MR) is 108 cm³/mol. The van der Waals surface area contributed by atoms with Crippen LogP contribution in [0.25, 0.3) is 0 Å². The molecule has 1 N–H and O–H groups in total. The van der Waals surface area contributed by atoms with Gasteiger partial charge in [-0.05, 0) is 62.0 Å². The first-order valence-electron chi connectivity index (χ1n) is 10.2. The first-order chi connectivity index (χ1) is 13.4. The van der Waals surface area contributed by atoms with Crippen LogP contribution in [-0.2, 0) is 0 Å². The molecule has 0 saturated heterocycles. The third kappa shape index (κ3) is 2.90. The number of urea groups is 1. The topological polar surface area (TPSA) is 44.7 Å². The molecule has 2 aliphatic carbocycles. The summed E-state index contributed by atoms with van der Waals surface area (Å²) in [6, 6.07) is 6.53. The van der Waals surface area contributed by atoms with Crippen molar-refractivity contribution in [3.05, 3.63) is 35.6 Å². The molecule has 1 heterocycles. The molecule has 2 atom stereocenters. The van der Waals surface area contributed by atoms with E-state index in [1.54, 1.807) is 12.1 Å². The van der Waals surface area contributed by atoms with E-state index >= 15 is 0 Å². The third-order valence-corrected chi connectivity index (χ3v) is 7.57. The van der Waals surface area contributed by atoms with Crippen molar-refractivity contribution in [1.29, 1.82) is 0 Å². The molecule has 4 nitrogen and oxygen atoms in total. The highest BCUT2D eigenvalue weighted by atomic mass is 19.1. The van der Waals surface area contributed by atoms with Gasteiger partial charge in [-0.1, -0.05) is 25.1 Å². The predicted octanol–water partition coefficient (Wildman–Crippen LogP) is 4.67. The molecule has 148 valence electrons. The summed E-state index contributed by atoms with van der Waals surface area (Å²) in [5, 5.41) is 9.36. The number of amides is 2. The van der Waals surface area contributed by atoms with E-state index in [1.807, 2.05) is 6.07 Å². The number of hydrogen-bond acceptors (Lipinski definition) is 2. The Morgan fingerprint density at radius 1 is 1.36 bits per heavy atom. The molecule has 2 fully saturated rings. The number of terminal acetylenes is 1. The second-order valence-corrected chi connectivity index (χ2v) is 8.92. The van der Waals surface area contributed by atoms with Crippen LogP contribution in [0, 0.1) is 29.5 Å². The Morgan fingerprint density at radius 2 is 2.07 bits per heavy atom. The number of rotatable bonds is 4. The number of fused-ring (bicyclic) bond motifs is 2. The summed E-state index contributed by atoms with van der Waals surface area (Å²) in [5.74, 6) is 2.63. The summed E-state index contributed by atoms with van der Waals surface area (Å²) in [4.78, 5) is 13.1. The zero-order chi connectivity index (χ0) is 19.9. The second kappa shape index (κ2) is 6.92. The van der Waals surface area contributed by atoms with E-state index < -0.39 is 0 Å². The van der Waals surface area contributed by atoms with Gasteiger partial charge in [-0.15, -0.1) is 12.3 Å². The van der Waals surface area contributed by atoms with E-state index in [-0.39, 0.29) is 28.7 Å². The molecule has 2 saturated carbocycles. The number of halogens is 1. The Hall–Kier alpha value is -2.35. The summed E-state index contributed by atoms with van der Waals surface area (Å²) >= 11 is 0. The van der Waals surface area contributed by atoms with E-state index in [0.29, 0.717) is 30.9 Å². The van der Waals surface area contributed by atoms with Crippen molar-refractivity contribution >= 4 is 11.7 Å². The number of hydrogen-bond donors (Lipinski definition) is 1. The summed E-state index contributed by atoms with van der Waals surface area (Å²) in [6.45, 7) is 4.82. The molecule has 1 aromatic rings. The molecule has 1 aliphatic heterocycles. The van der Waals surface area contributed by atoms with Crippen molar-refractivity contribution in [2.24, 2.45) is 16.4 Å². The van der Waals surface area contributed by atoms with Crippen LogP contribution in [-0.4, -0.2) is 28.8 Å². The molecule has 1 unspecified atom stereocenters. The lowest BCUT2D eigenvalue weighted by molar-refractivity contribution is 0.148. The zero-order valence-corrected chi connectivity index (χ0v) is 16.7. The monoisotopic (exact) mass is 381 g/mol. The summed E-state index contributed by atoms with van der Waals surface area (Å²) in [7, 11) is 0. The van der Waals surface area contributed by atoms with Crippen LogP contribution in [0.1, 0.15) is 63.9 Å². The standard InChI is InChI=1S/C23H28FN3O/c1-4-5-10-20-18(17-8-6-7-9-19(17)24)15-27(26-20)21(28)25-23(3)16-11-13-22(23,2)14-12-16/h1,6-9,16,18H,5,10-15H2,2-3H3,(H,25,28)/t16-,18?,22+,23-/m0/s1. The number of carbonyl (C=O) groups is 1. The van der Waals surface area contributed by atoms with Gasteiger partial charge in [0.15, 0.2) is 0 Å². The number of benzene rings is 1. The van der Waals surface area contributed by atoms with E-state index in [2.05, 4.69) is 30.2 Å². The van der Waals surface area contributed by atoms with E-state index in [0.717, 1.165) is 18.6 Å². The van der Waals surface area contributed by atoms with Crippen molar-refractivity contribution in [2.75, 3.05) is 6.54 Å². The van der Waals surface area contributed by atoms with Gasteiger partial charge in [0.2, 0.25) is 0 Å². The summed E-state index contributed by atoms with van der Waals surface area (Å²) < 4.78 is 14.4. The molecule has 2 amide bonds. The van der Waals surface area contributed by atoms with Crippen LogP contribution in [0.3, 0.4) is 0 Å². The van der Waals surface area contributed by atoms with Gasteiger partial charge in [-0.25, -0.2) is 14.2 Å². The number of nitrogens with one attached hydrogen (secondary N) is 1. The van der Waals surface area contributed by atoms with Gasteiger partial charge in [0.1, 0.15) is 5.82 Å². The maximum absolute atomic E-state index is 14.4. The lowest BCUT2D eigenvalue weighted by Gasteiger charge is -2.39. The van der Waals surface area contributed by atoms with Crippen LogP contribution in [0.2, 0.25) is 0 Å². The number of carbonyl (C=O) groups excluding carboxylic acids is 1. The highest BCUT2D eigenvalue weighted by molar-refractivity contribution is 5.95. The first kappa shape index (κ1) is 19.0. The van der Waals surface area contributed by atoms with Gasteiger partial charge >= 0.3 is 6.03 Å². The minimum absolute atomic E-state index is 0.147. The van der Waals surface area contributed by atoms with Crippen LogP contribution < -0.4 is 5.32 Å². The average Bonchev–Trinajstić information content (AvgIpc) is 3.28. The molecule has 3 aliphatic rings. The SMILES string of the molecule is C#CCCC1=NN(C(=O)N[C@@]2(C)[C@H]3CC[C@]2(C)CC3)CC1c1ccccc1F. The van der Waals surface area contributed by atoms with Crippen LogP contribution in [0.15, 0.2) is 29.4 Å². The lowest BCUT2D eigenvalue weighted by Crippen LogP contribution is -2.56. The van der Waals surface area contributed by atoms with E-state index in [1.165, 1.54) is 23.9 Å². The minimum atomic E-state index is -0.267. The Morgan fingerprint density at radius 3 is 2.68 bits per heavy atom. The summed E-state index contributed by atoms with van der Waals surface area (Å²) in [5.41, 5.74) is 1.31. The Labute approximate surface area is 166 Å². The van der Waals surface area contributed by atoms with Gasteiger partial charge in [0.05, 0.1) is 6.54 Å². The van der Waals surface area contributed by atoms with Gasteiger partial charge in [-0.3, -0.25) is 0 Å². The van der Waals surface area contributed by atoms with Crippen LogP contribution >= 0.6 is 0 Å². The average molecular weight is 381 g/mol. The molecule has 0 spiro atoms. The lowest BCUT2D eigenvalue weighted by atomic mass is 9.76. The third-order valence-electron chi connectivity index (χ3n) is 7.57. The quantitative estimate of drug-likeness (QED) is 0.757. The van der Waals surface area contributed by atoms with Crippen molar-refractivity contribution in [2.45, 2.75) is 63.8 Å². The number of nitrogens with zero attached hydrogens (tertiary/aromatic N) is 2. The van der Waals surface area contributed by atoms with Crippen LogP contribution in [0.4, 0.5) is 9.18 Å². The molecular formula is C23H28FN3O. The fourth-order valence-corrected chi connectivity index (χ4v) is 5.52. The van der Waals surface area contributed by atoms with Crippen LogP contribution in [0.5, 0.6) is 0 Å². The molecule has 28 heavy (non-hydrogen) atoms. The normalized spacial score (nSPS) is 33.6. The Bertz CT molecular complexity index is 850. The Kier molecular flexibility index (Phi) is 4.69. The maximum Gasteiger partial charge on any atom is 0.338 e. The molecule has 2 bridgehead atoms. The molecule has 0 aromatic heterocycles. The fraction of sp³-hybridized carbons (Fsp3) is 0.565. The van der Waals surface area contributed by atoms with E-state index in [9.17, 15) is 9.18 Å². The number of hydrazone groups is 1. The minimum Gasteiger partial charge on any atom is -0.331 e. The van der Waals surface area contributed by atoms with Crippen molar-refractivity contribution in [1.82, 2.24) is 10.3 Å². The maximum atomic E-state index is 14.4. The Balaban J connectivity index is 1.55. The van der Waals surface area contributed by atoms with Crippen molar-refractivity contribution < 1.29 is 9.18 Å². The molecule has 5 heteroatoms. The van der Waals surface area contributed by atoms with Gasteiger partial charge in [-0.2, -0.15) is 5.10 Å². The second-order valence-electron chi connectivity index (χ2n) is 8.92. The van der Waals surface area contributed by atoms with E-state index in [4.69, 9.17) is 6.42 Å². The van der Waals surface area contributed by atoms with Gasteiger partial charge in [0, 0.05) is 23.6 Å². The summed E-state index contributed by atoms with van der Waals surface area (Å²) in [6.07, 6.45) is 11.2. The largest absolute Gasteiger partial charge is 0.338 e. The molecule has 1 aromatic carbocycles. The molecule has 0 radical (unpaired) electrons. The smallest absolute Gasteiger partial charge is 0.331 e. The van der Waals surface area contributed by atoms with Crippen molar-refractivity contribution in [3.63, 3.8) is 0 Å². The molecular weight excluding hydrogens is 353 g/mol. The highest BCUT2D eigenvalue weighted by Gasteiger charge is 2.60. The highest BCUT2D eigenvalue weighted by Crippen LogP contribution is 2.60. The first-order valence-corrected chi connectivity index (χ1v) is 10.2. The van der Waals surface area contributed by atoms with Gasteiger partial charge < -0.3 is 5.32 Å².